The van der Waals surface area contributed by atoms with E-state index in [1.54, 1.807) is 4.90 Å². The van der Waals surface area contributed by atoms with Gasteiger partial charge in [-0.05, 0) is 36.4 Å². The summed E-state index contributed by atoms with van der Waals surface area (Å²) in [7, 11) is 0. The van der Waals surface area contributed by atoms with E-state index >= 15 is 0 Å². The van der Waals surface area contributed by atoms with Gasteiger partial charge in [0.25, 0.3) is 5.91 Å². The standard InChI is InChI=1S/C20H17BrF2N4O2/c21-15-3-1-2-13(10-15)19-25-24-18(29-19)12-26-6-8-27(9-7-26)20(28)14-4-5-16(22)17(23)11-14/h1-5,10-11H,6-9,12H2. The van der Waals surface area contributed by atoms with Gasteiger partial charge in [-0.2, -0.15) is 0 Å². The van der Waals surface area contributed by atoms with E-state index in [2.05, 4.69) is 31.0 Å². The number of rotatable bonds is 4. The number of carbonyl (C=O) groups is 1. The number of hydrogen-bond acceptors (Lipinski definition) is 5. The normalized spacial score (nSPS) is 14.9. The van der Waals surface area contributed by atoms with Gasteiger partial charge in [0.05, 0.1) is 6.54 Å². The van der Waals surface area contributed by atoms with Crippen LogP contribution in [0.15, 0.2) is 51.4 Å². The predicted octanol–water partition coefficient (Wildman–Crippen LogP) is 3.74. The number of nitrogens with zero attached hydrogens (tertiary/aromatic N) is 4. The van der Waals surface area contributed by atoms with Crippen LogP contribution in [0.2, 0.25) is 0 Å². The highest BCUT2D eigenvalue weighted by Crippen LogP contribution is 2.22. The maximum atomic E-state index is 13.4. The van der Waals surface area contributed by atoms with Crippen molar-refractivity contribution in [2.24, 2.45) is 0 Å². The third-order valence-electron chi connectivity index (χ3n) is 4.72. The van der Waals surface area contributed by atoms with Crippen LogP contribution >= 0.6 is 15.9 Å². The molecular weight excluding hydrogens is 446 g/mol. The molecule has 1 saturated heterocycles. The second kappa shape index (κ2) is 8.38. The lowest BCUT2D eigenvalue weighted by Crippen LogP contribution is -2.48. The van der Waals surface area contributed by atoms with E-state index < -0.39 is 11.6 Å². The monoisotopic (exact) mass is 462 g/mol. The SMILES string of the molecule is O=C(c1ccc(F)c(F)c1)N1CCN(Cc2nnc(-c3cccc(Br)c3)o2)CC1. The molecule has 0 aliphatic carbocycles. The van der Waals surface area contributed by atoms with Crippen LogP contribution in [0.25, 0.3) is 11.5 Å². The van der Waals surface area contributed by atoms with Crippen molar-refractivity contribution in [2.45, 2.75) is 6.54 Å². The molecule has 4 rings (SSSR count). The van der Waals surface area contributed by atoms with E-state index in [9.17, 15) is 13.6 Å². The summed E-state index contributed by atoms with van der Waals surface area (Å²) >= 11 is 3.42. The molecule has 1 aliphatic rings. The minimum atomic E-state index is -1.02. The first-order valence-electron chi connectivity index (χ1n) is 9.04. The van der Waals surface area contributed by atoms with Gasteiger partial charge < -0.3 is 9.32 Å². The summed E-state index contributed by atoms with van der Waals surface area (Å²) in [6.07, 6.45) is 0. The van der Waals surface area contributed by atoms with Crippen LogP contribution in [-0.4, -0.2) is 52.1 Å². The van der Waals surface area contributed by atoms with Gasteiger partial charge in [0.1, 0.15) is 0 Å². The average molecular weight is 463 g/mol. The van der Waals surface area contributed by atoms with Gasteiger partial charge in [-0.15, -0.1) is 10.2 Å². The van der Waals surface area contributed by atoms with Gasteiger partial charge >= 0.3 is 0 Å². The molecule has 2 heterocycles. The quantitative estimate of drug-likeness (QED) is 0.590. The Kier molecular flexibility index (Phi) is 5.68. The maximum absolute atomic E-state index is 13.4. The summed E-state index contributed by atoms with van der Waals surface area (Å²) in [5, 5.41) is 8.20. The molecule has 0 radical (unpaired) electrons. The molecular formula is C20H17BrF2N4O2. The molecule has 0 N–H and O–H groups in total. The number of hydrogen-bond donors (Lipinski definition) is 0. The third kappa shape index (κ3) is 4.51. The van der Waals surface area contributed by atoms with Crippen LogP contribution in [0.1, 0.15) is 16.2 Å². The highest BCUT2D eigenvalue weighted by Gasteiger charge is 2.24. The first-order valence-corrected chi connectivity index (χ1v) is 9.84. The Morgan fingerprint density at radius 3 is 2.55 bits per heavy atom. The number of carbonyl (C=O) groups excluding carboxylic acids is 1. The Hall–Kier alpha value is -2.65. The molecule has 1 aliphatic heterocycles. The second-order valence-corrected chi connectivity index (χ2v) is 7.62. The fourth-order valence-electron chi connectivity index (χ4n) is 3.17. The van der Waals surface area contributed by atoms with Crippen molar-refractivity contribution in [1.82, 2.24) is 20.0 Å². The Morgan fingerprint density at radius 2 is 1.83 bits per heavy atom. The van der Waals surface area contributed by atoms with Crippen LogP contribution in [0.5, 0.6) is 0 Å². The minimum Gasteiger partial charge on any atom is -0.419 e. The van der Waals surface area contributed by atoms with E-state index in [-0.39, 0.29) is 11.5 Å². The van der Waals surface area contributed by atoms with Crippen molar-refractivity contribution in [3.63, 3.8) is 0 Å². The van der Waals surface area contributed by atoms with Gasteiger partial charge in [-0.25, -0.2) is 8.78 Å². The van der Waals surface area contributed by atoms with Crippen molar-refractivity contribution < 1.29 is 18.0 Å². The summed E-state index contributed by atoms with van der Waals surface area (Å²) in [5.41, 5.74) is 0.980. The smallest absolute Gasteiger partial charge is 0.254 e. The van der Waals surface area contributed by atoms with Gasteiger partial charge in [-0.3, -0.25) is 9.69 Å². The molecule has 29 heavy (non-hydrogen) atoms. The van der Waals surface area contributed by atoms with E-state index in [0.717, 1.165) is 22.2 Å². The second-order valence-electron chi connectivity index (χ2n) is 6.71. The zero-order chi connectivity index (χ0) is 20.4. The molecule has 0 unspecified atom stereocenters. The number of aromatic nitrogens is 2. The number of piperazine rings is 1. The highest BCUT2D eigenvalue weighted by atomic mass is 79.9. The van der Waals surface area contributed by atoms with Gasteiger partial charge in [0.15, 0.2) is 11.6 Å². The lowest BCUT2D eigenvalue weighted by molar-refractivity contribution is 0.0617. The third-order valence-corrected chi connectivity index (χ3v) is 5.22. The zero-order valence-corrected chi connectivity index (χ0v) is 16.9. The predicted molar refractivity (Wildman–Crippen MR) is 105 cm³/mol. The van der Waals surface area contributed by atoms with Crippen LogP contribution < -0.4 is 0 Å². The molecule has 0 saturated carbocycles. The van der Waals surface area contributed by atoms with E-state index in [1.165, 1.54) is 6.07 Å². The van der Waals surface area contributed by atoms with E-state index in [1.807, 2.05) is 24.3 Å². The molecule has 9 heteroatoms. The van der Waals surface area contributed by atoms with E-state index in [4.69, 9.17) is 4.42 Å². The summed E-state index contributed by atoms with van der Waals surface area (Å²) in [4.78, 5) is 16.2. The maximum Gasteiger partial charge on any atom is 0.254 e. The number of amides is 1. The molecule has 0 atom stereocenters. The number of halogens is 3. The lowest BCUT2D eigenvalue weighted by atomic mass is 10.1. The van der Waals surface area contributed by atoms with Crippen molar-refractivity contribution in [3.05, 3.63) is 70.0 Å². The van der Waals surface area contributed by atoms with Crippen LogP contribution in [0.3, 0.4) is 0 Å². The lowest BCUT2D eigenvalue weighted by Gasteiger charge is -2.34. The molecule has 2 aromatic carbocycles. The van der Waals surface area contributed by atoms with Crippen molar-refractivity contribution in [1.29, 1.82) is 0 Å². The Morgan fingerprint density at radius 1 is 1.03 bits per heavy atom. The molecule has 0 spiro atoms. The Balaban J connectivity index is 1.34. The molecule has 1 fully saturated rings. The van der Waals surface area contributed by atoms with Crippen molar-refractivity contribution in [2.75, 3.05) is 26.2 Å². The van der Waals surface area contributed by atoms with Gasteiger partial charge in [-0.1, -0.05) is 22.0 Å². The minimum absolute atomic E-state index is 0.146. The summed E-state index contributed by atoms with van der Waals surface area (Å²) in [6, 6.07) is 10.8. The fraction of sp³-hybridized carbons (Fsp3) is 0.250. The van der Waals surface area contributed by atoms with Crippen LogP contribution in [-0.2, 0) is 6.54 Å². The summed E-state index contributed by atoms with van der Waals surface area (Å²) in [6.45, 7) is 2.66. The largest absolute Gasteiger partial charge is 0.419 e. The fourth-order valence-corrected chi connectivity index (χ4v) is 3.57. The average Bonchev–Trinajstić information content (AvgIpc) is 3.19. The molecule has 6 nitrogen and oxygen atoms in total. The first-order chi connectivity index (χ1) is 14.0. The first kappa shape index (κ1) is 19.7. The molecule has 1 aromatic heterocycles. The van der Waals surface area contributed by atoms with Crippen molar-refractivity contribution >= 4 is 21.8 Å². The van der Waals surface area contributed by atoms with Crippen LogP contribution in [0.4, 0.5) is 8.78 Å². The highest BCUT2D eigenvalue weighted by molar-refractivity contribution is 9.10. The molecule has 150 valence electrons. The summed E-state index contributed by atoms with van der Waals surface area (Å²) < 4.78 is 33.1. The van der Waals surface area contributed by atoms with Crippen molar-refractivity contribution in [3.8, 4) is 11.5 Å². The molecule has 3 aromatic rings. The molecule has 1 amide bonds. The van der Waals surface area contributed by atoms with E-state index in [0.29, 0.717) is 44.5 Å². The van der Waals surface area contributed by atoms with Gasteiger partial charge in [0.2, 0.25) is 11.8 Å². The topological polar surface area (TPSA) is 62.5 Å². The van der Waals surface area contributed by atoms with Crippen LogP contribution in [0, 0.1) is 11.6 Å². The zero-order valence-electron chi connectivity index (χ0n) is 15.3. The van der Waals surface area contributed by atoms with Gasteiger partial charge in [0, 0.05) is 41.8 Å². The summed E-state index contributed by atoms with van der Waals surface area (Å²) in [5.74, 6) is -1.34. The number of benzene rings is 2. The Bertz CT molecular complexity index is 1030. The molecule has 0 bridgehead atoms. The Labute approximate surface area is 174 Å².